The molecule has 0 aromatic carbocycles. The van der Waals surface area contributed by atoms with Crippen LogP contribution in [0.3, 0.4) is 0 Å². The number of aromatic nitrogens is 1. The van der Waals surface area contributed by atoms with Crippen LogP contribution in [0.2, 0.25) is 0 Å². The molecular formula is C5H8N2O2. The molecule has 0 amide bonds. The van der Waals surface area contributed by atoms with Gasteiger partial charge in [-0.2, -0.15) is 4.98 Å². The zero-order chi connectivity index (χ0) is 6.69. The molecule has 0 saturated heterocycles. The fourth-order valence-corrected chi connectivity index (χ4v) is 0.494. The zero-order valence-electron chi connectivity index (χ0n) is 5.09. The van der Waals surface area contributed by atoms with Gasteiger partial charge in [-0.25, -0.2) is 0 Å². The second kappa shape index (κ2) is 2.50. The highest BCUT2D eigenvalue weighted by atomic mass is 16.4. The molecule has 0 spiro atoms. The van der Waals surface area contributed by atoms with Gasteiger partial charge in [0.2, 0.25) is 0 Å². The van der Waals surface area contributed by atoms with Crippen LogP contribution in [0, 0.1) is 0 Å². The molecule has 1 rings (SSSR count). The Morgan fingerprint density at radius 2 is 2.67 bits per heavy atom. The van der Waals surface area contributed by atoms with E-state index in [0.29, 0.717) is 11.7 Å². The third kappa shape index (κ3) is 1.20. The minimum absolute atomic E-state index is 0.0782. The van der Waals surface area contributed by atoms with Gasteiger partial charge in [-0.15, -0.1) is 0 Å². The number of anilines is 1. The maximum atomic E-state index is 8.50. The lowest BCUT2D eigenvalue weighted by molar-refractivity contribution is 0.276. The van der Waals surface area contributed by atoms with Crippen molar-refractivity contribution in [3.8, 4) is 0 Å². The van der Waals surface area contributed by atoms with Gasteiger partial charge in [0.05, 0.1) is 6.61 Å². The number of nitrogens with zero attached hydrogens (tertiary/aromatic N) is 1. The largest absolute Gasteiger partial charge is 0.432 e. The van der Waals surface area contributed by atoms with E-state index in [9.17, 15) is 0 Å². The SMILES string of the molecule is CNc1nc(CO)co1. The minimum Gasteiger partial charge on any atom is -0.432 e. The van der Waals surface area contributed by atoms with E-state index in [1.807, 2.05) is 0 Å². The van der Waals surface area contributed by atoms with Crippen molar-refractivity contribution < 1.29 is 9.52 Å². The van der Waals surface area contributed by atoms with Gasteiger partial charge in [-0.1, -0.05) is 0 Å². The lowest BCUT2D eigenvalue weighted by Gasteiger charge is -1.84. The summed E-state index contributed by atoms with van der Waals surface area (Å²) >= 11 is 0. The molecule has 0 fully saturated rings. The Hall–Kier alpha value is -1.03. The Bertz CT molecular complexity index is 166. The summed E-state index contributed by atoms with van der Waals surface area (Å²) in [4.78, 5) is 3.82. The van der Waals surface area contributed by atoms with Crippen molar-refractivity contribution in [3.05, 3.63) is 12.0 Å². The molecule has 2 N–H and O–H groups in total. The second-order valence-electron chi connectivity index (χ2n) is 1.55. The van der Waals surface area contributed by atoms with Crippen molar-refractivity contribution in [2.24, 2.45) is 0 Å². The predicted molar refractivity (Wildman–Crippen MR) is 32.0 cm³/mol. The number of aliphatic hydroxyl groups is 1. The van der Waals surface area contributed by atoms with Crippen molar-refractivity contribution >= 4 is 6.01 Å². The van der Waals surface area contributed by atoms with Crippen LogP contribution >= 0.6 is 0 Å². The Morgan fingerprint density at radius 3 is 3.00 bits per heavy atom. The first-order valence-corrected chi connectivity index (χ1v) is 2.60. The number of nitrogens with one attached hydrogen (secondary N) is 1. The van der Waals surface area contributed by atoms with Crippen LogP contribution in [0.4, 0.5) is 6.01 Å². The Morgan fingerprint density at radius 1 is 1.89 bits per heavy atom. The van der Waals surface area contributed by atoms with E-state index in [4.69, 9.17) is 9.52 Å². The number of hydrogen-bond acceptors (Lipinski definition) is 4. The highest BCUT2D eigenvalue weighted by molar-refractivity contribution is 5.18. The lowest BCUT2D eigenvalue weighted by Crippen LogP contribution is -1.88. The van der Waals surface area contributed by atoms with Crippen molar-refractivity contribution in [1.29, 1.82) is 0 Å². The first-order valence-electron chi connectivity index (χ1n) is 2.60. The fraction of sp³-hybridized carbons (Fsp3) is 0.400. The highest BCUT2D eigenvalue weighted by Crippen LogP contribution is 2.04. The molecule has 50 valence electrons. The molecule has 0 atom stereocenters. The molecule has 0 unspecified atom stereocenters. The molecule has 4 heteroatoms. The zero-order valence-corrected chi connectivity index (χ0v) is 5.09. The molecule has 0 bridgehead atoms. The number of hydrogen-bond donors (Lipinski definition) is 2. The molecule has 0 radical (unpaired) electrons. The third-order valence-corrected chi connectivity index (χ3v) is 0.928. The van der Waals surface area contributed by atoms with E-state index in [0.717, 1.165) is 0 Å². The molecule has 0 aliphatic heterocycles. The number of aliphatic hydroxyl groups excluding tert-OH is 1. The van der Waals surface area contributed by atoms with Gasteiger partial charge in [0.1, 0.15) is 12.0 Å². The van der Waals surface area contributed by atoms with Gasteiger partial charge in [0.25, 0.3) is 6.01 Å². The second-order valence-corrected chi connectivity index (χ2v) is 1.55. The van der Waals surface area contributed by atoms with Gasteiger partial charge < -0.3 is 14.8 Å². The molecule has 4 nitrogen and oxygen atoms in total. The third-order valence-electron chi connectivity index (χ3n) is 0.928. The Balaban J connectivity index is 2.74. The molecule has 0 aliphatic carbocycles. The average molecular weight is 128 g/mol. The standard InChI is InChI=1S/C5H8N2O2/c1-6-5-7-4(2-8)3-9-5/h3,8H,2H2,1H3,(H,6,7). The number of rotatable bonds is 2. The summed E-state index contributed by atoms with van der Waals surface area (Å²) in [6.07, 6.45) is 1.41. The van der Waals surface area contributed by atoms with E-state index in [1.165, 1.54) is 6.26 Å². The average Bonchev–Trinajstić information content (AvgIpc) is 2.34. The van der Waals surface area contributed by atoms with Crippen LogP contribution in [-0.4, -0.2) is 17.1 Å². The van der Waals surface area contributed by atoms with E-state index in [-0.39, 0.29) is 6.61 Å². The van der Waals surface area contributed by atoms with Crippen LogP contribution in [0.25, 0.3) is 0 Å². The highest BCUT2D eigenvalue weighted by Gasteiger charge is 1.97. The molecular weight excluding hydrogens is 120 g/mol. The Kier molecular flexibility index (Phi) is 1.69. The molecule has 0 aliphatic rings. The predicted octanol–water partition coefficient (Wildman–Crippen LogP) is 0.209. The normalized spacial score (nSPS) is 9.56. The summed E-state index contributed by atoms with van der Waals surface area (Å²) in [6, 6.07) is 0.430. The van der Waals surface area contributed by atoms with E-state index < -0.39 is 0 Å². The minimum atomic E-state index is -0.0782. The van der Waals surface area contributed by atoms with Crippen molar-refractivity contribution in [3.63, 3.8) is 0 Å². The van der Waals surface area contributed by atoms with Gasteiger partial charge in [-0.3, -0.25) is 0 Å². The van der Waals surface area contributed by atoms with E-state index >= 15 is 0 Å². The summed E-state index contributed by atoms with van der Waals surface area (Å²) in [5.41, 5.74) is 0.541. The fourth-order valence-electron chi connectivity index (χ4n) is 0.494. The Labute approximate surface area is 52.5 Å². The number of oxazole rings is 1. The van der Waals surface area contributed by atoms with Crippen LogP contribution in [0.5, 0.6) is 0 Å². The quantitative estimate of drug-likeness (QED) is 0.597. The first kappa shape index (κ1) is 6.10. The van der Waals surface area contributed by atoms with Gasteiger partial charge >= 0.3 is 0 Å². The van der Waals surface area contributed by atoms with Crippen LogP contribution < -0.4 is 5.32 Å². The lowest BCUT2D eigenvalue weighted by atomic mass is 10.5. The summed E-state index contributed by atoms with van der Waals surface area (Å²) in [7, 11) is 1.70. The van der Waals surface area contributed by atoms with E-state index in [1.54, 1.807) is 7.05 Å². The molecule has 9 heavy (non-hydrogen) atoms. The van der Waals surface area contributed by atoms with Crippen LogP contribution in [0.15, 0.2) is 10.7 Å². The smallest absolute Gasteiger partial charge is 0.294 e. The van der Waals surface area contributed by atoms with Gasteiger partial charge in [0.15, 0.2) is 0 Å². The van der Waals surface area contributed by atoms with Crippen molar-refractivity contribution in [1.82, 2.24) is 4.98 Å². The van der Waals surface area contributed by atoms with Crippen molar-refractivity contribution in [2.45, 2.75) is 6.61 Å². The maximum Gasteiger partial charge on any atom is 0.294 e. The maximum absolute atomic E-state index is 8.50. The molecule has 1 aromatic rings. The van der Waals surface area contributed by atoms with Gasteiger partial charge in [0, 0.05) is 7.05 Å². The molecule has 1 aromatic heterocycles. The van der Waals surface area contributed by atoms with E-state index in [2.05, 4.69) is 10.3 Å². The summed E-state index contributed by atoms with van der Waals surface area (Å²) in [6.45, 7) is -0.0782. The van der Waals surface area contributed by atoms with Crippen LogP contribution in [-0.2, 0) is 6.61 Å². The topological polar surface area (TPSA) is 58.3 Å². The molecule has 1 heterocycles. The van der Waals surface area contributed by atoms with Gasteiger partial charge in [-0.05, 0) is 0 Å². The summed E-state index contributed by atoms with van der Waals surface area (Å²) in [5.74, 6) is 0. The first-order chi connectivity index (χ1) is 4.36. The van der Waals surface area contributed by atoms with Crippen LogP contribution in [0.1, 0.15) is 5.69 Å². The summed E-state index contributed by atoms with van der Waals surface area (Å²) in [5, 5.41) is 11.2. The van der Waals surface area contributed by atoms with Crippen molar-refractivity contribution in [2.75, 3.05) is 12.4 Å². The molecule has 0 saturated carbocycles. The summed E-state index contributed by atoms with van der Waals surface area (Å²) < 4.78 is 4.82. The monoisotopic (exact) mass is 128 g/mol.